The number of halogens is 1. The molecular weight excluding hydrogens is 256 g/mol. The second-order valence-corrected chi connectivity index (χ2v) is 2.61. The molecule has 0 aliphatic rings. The van der Waals surface area contributed by atoms with Gasteiger partial charge < -0.3 is 5.32 Å². The van der Waals surface area contributed by atoms with Crippen LogP contribution in [0.3, 0.4) is 0 Å². The zero-order valence-corrected chi connectivity index (χ0v) is 11.4. The lowest BCUT2D eigenvalue weighted by Crippen LogP contribution is -1.97. The molecule has 0 saturated heterocycles. The summed E-state index contributed by atoms with van der Waals surface area (Å²) in [6, 6.07) is 1.85. The standard InChI is InChI=1S/C6H5BrN4.2C2H6/c1-9-6-4(7)3-10-5(2-8)11-6;2*1-2/h3H,1H3,(H,9,10,11);2*1-2H3. The Morgan fingerprint density at radius 3 is 2.27 bits per heavy atom. The van der Waals surface area contributed by atoms with Gasteiger partial charge in [-0.3, -0.25) is 0 Å². The molecule has 0 unspecified atom stereocenters. The van der Waals surface area contributed by atoms with Crippen LogP contribution in [0.2, 0.25) is 0 Å². The van der Waals surface area contributed by atoms with Gasteiger partial charge in [0.1, 0.15) is 11.9 Å². The molecule has 0 atom stereocenters. The zero-order valence-electron chi connectivity index (χ0n) is 9.80. The molecule has 0 spiro atoms. The third-order valence-corrected chi connectivity index (χ3v) is 1.66. The summed E-state index contributed by atoms with van der Waals surface area (Å²) in [6.07, 6.45) is 1.54. The molecule has 1 aromatic rings. The fourth-order valence-electron chi connectivity index (χ4n) is 0.596. The zero-order chi connectivity index (χ0) is 12.3. The van der Waals surface area contributed by atoms with E-state index >= 15 is 0 Å². The lowest BCUT2D eigenvalue weighted by molar-refractivity contribution is 1.10. The highest BCUT2D eigenvalue weighted by atomic mass is 79.9. The summed E-state index contributed by atoms with van der Waals surface area (Å²) in [5, 5.41) is 11.3. The topological polar surface area (TPSA) is 61.6 Å². The summed E-state index contributed by atoms with van der Waals surface area (Å²) in [6.45, 7) is 8.00. The van der Waals surface area contributed by atoms with Crippen molar-refractivity contribution in [3.63, 3.8) is 0 Å². The highest BCUT2D eigenvalue weighted by Gasteiger charge is 2.00. The molecule has 1 aromatic heterocycles. The van der Waals surface area contributed by atoms with Gasteiger partial charge >= 0.3 is 0 Å². The molecule has 0 bridgehead atoms. The van der Waals surface area contributed by atoms with E-state index < -0.39 is 0 Å². The van der Waals surface area contributed by atoms with Gasteiger partial charge in [0.05, 0.1) is 4.47 Å². The van der Waals surface area contributed by atoms with Crippen LogP contribution >= 0.6 is 15.9 Å². The van der Waals surface area contributed by atoms with Gasteiger partial charge in [0.2, 0.25) is 5.82 Å². The van der Waals surface area contributed by atoms with Gasteiger partial charge in [0.25, 0.3) is 0 Å². The van der Waals surface area contributed by atoms with Gasteiger partial charge in [-0.2, -0.15) is 5.26 Å². The van der Waals surface area contributed by atoms with Crippen LogP contribution in [0.4, 0.5) is 5.82 Å². The van der Waals surface area contributed by atoms with Crippen LogP contribution in [-0.4, -0.2) is 17.0 Å². The van der Waals surface area contributed by atoms with Gasteiger partial charge in [0, 0.05) is 13.2 Å². The summed E-state index contributed by atoms with van der Waals surface area (Å²) in [7, 11) is 1.73. The Kier molecular flexibility index (Phi) is 11.9. The molecule has 1 N–H and O–H groups in total. The molecule has 0 radical (unpaired) electrons. The van der Waals surface area contributed by atoms with Crippen LogP contribution in [0.1, 0.15) is 33.5 Å². The van der Waals surface area contributed by atoms with Crippen molar-refractivity contribution in [3.05, 3.63) is 16.5 Å². The Balaban J connectivity index is 0. The lowest BCUT2D eigenvalue weighted by Gasteiger charge is -1.99. The highest BCUT2D eigenvalue weighted by Crippen LogP contribution is 2.16. The number of nitrogens with zero attached hydrogens (tertiary/aromatic N) is 3. The van der Waals surface area contributed by atoms with E-state index in [0.717, 1.165) is 4.47 Å². The molecule has 0 saturated carbocycles. The molecule has 15 heavy (non-hydrogen) atoms. The number of nitrogens with one attached hydrogen (secondary N) is 1. The summed E-state index contributed by atoms with van der Waals surface area (Å²) in [5.41, 5.74) is 0. The normalized spacial score (nSPS) is 7.27. The van der Waals surface area contributed by atoms with Gasteiger partial charge in [-0.1, -0.05) is 27.7 Å². The van der Waals surface area contributed by atoms with E-state index in [1.807, 2.05) is 33.8 Å². The fraction of sp³-hybridized carbons (Fsp3) is 0.500. The molecule has 4 nitrogen and oxygen atoms in total. The first kappa shape index (κ1) is 16.3. The van der Waals surface area contributed by atoms with Crippen LogP contribution in [0.5, 0.6) is 0 Å². The molecule has 1 heterocycles. The molecule has 0 aliphatic carbocycles. The van der Waals surface area contributed by atoms with Crippen LogP contribution < -0.4 is 5.32 Å². The van der Waals surface area contributed by atoms with Gasteiger partial charge in [-0.25, -0.2) is 9.97 Å². The van der Waals surface area contributed by atoms with Crippen LogP contribution in [-0.2, 0) is 0 Å². The fourth-order valence-corrected chi connectivity index (χ4v) is 0.986. The molecule has 0 fully saturated rings. The minimum absolute atomic E-state index is 0.164. The molecule has 5 heteroatoms. The summed E-state index contributed by atoms with van der Waals surface area (Å²) >= 11 is 3.22. The number of anilines is 1. The minimum atomic E-state index is 0.164. The number of hydrogen-bond acceptors (Lipinski definition) is 4. The van der Waals surface area contributed by atoms with Gasteiger partial charge in [-0.05, 0) is 15.9 Å². The Morgan fingerprint density at radius 2 is 1.87 bits per heavy atom. The van der Waals surface area contributed by atoms with E-state index in [2.05, 4.69) is 31.2 Å². The monoisotopic (exact) mass is 272 g/mol. The van der Waals surface area contributed by atoms with Crippen LogP contribution in [0.25, 0.3) is 0 Å². The van der Waals surface area contributed by atoms with E-state index in [-0.39, 0.29) is 5.82 Å². The van der Waals surface area contributed by atoms with Crippen molar-refractivity contribution in [3.8, 4) is 6.07 Å². The predicted molar refractivity (Wildman–Crippen MR) is 66.7 cm³/mol. The smallest absolute Gasteiger partial charge is 0.234 e. The lowest BCUT2D eigenvalue weighted by atomic mass is 10.5. The highest BCUT2D eigenvalue weighted by molar-refractivity contribution is 9.10. The molecular formula is C10H17BrN4. The number of hydrogen-bond donors (Lipinski definition) is 1. The second kappa shape index (κ2) is 10.9. The molecule has 0 amide bonds. The predicted octanol–water partition coefficient (Wildman–Crippen LogP) is 3.20. The Hall–Kier alpha value is -1.15. The maximum absolute atomic E-state index is 8.43. The van der Waals surface area contributed by atoms with Crippen molar-refractivity contribution in [2.24, 2.45) is 0 Å². The Labute approximate surface area is 99.9 Å². The van der Waals surface area contributed by atoms with Crippen LogP contribution in [0.15, 0.2) is 10.7 Å². The summed E-state index contributed by atoms with van der Waals surface area (Å²) in [4.78, 5) is 7.63. The van der Waals surface area contributed by atoms with Crippen molar-refractivity contribution in [2.75, 3.05) is 12.4 Å². The van der Waals surface area contributed by atoms with Gasteiger partial charge in [-0.15, -0.1) is 0 Å². The van der Waals surface area contributed by atoms with E-state index in [1.165, 1.54) is 6.20 Å². The number of aromatic nitrogens is 2. The largest absolute Gasteiger partial charge is 0.372 e. The first-order valence-corrected chi connectivity index (χ1v) is 5.67. The Bertz CT molecular complexity index is 307. The van der Waals surface area contributed by atoms with E-state index in [1.54, 1.807) is 7.05 Å². The van der Waals surface area contributed by atoms with Crippen molar-refractivity contribution in [1.82, 2.24) is 9.97 Å². The van der Waals surface area contributed by atoms with E-state index in [9.17, 15) is 0 Å². The maximum atomic E-state index is 8.43. The quantitative estimate of drug-likeness (QED) is 0.853. The van der Waals surface area contributed by atoms with E-state index in [0.29, 0.717) is 5.82 Å². The van der Waals surface area contributed by atoms with Crippen molar-refractivity contribution in [1.29, 1.82) is 5.26 Å². The van der Waals surface area contributed by atoms with Crippen molar-refractivity contribution >= 4 is 21.7 Å². The first-order valence-electron chi connectivity index (χ1n) is 4.88. The second-order valence-electron chi connectivity index (χ2n) is 1.75. The minimum Gasteiger partial charge on any atom is -0.372 e. The van der Waals surface area contributed by atoms with Crippen molar-refractivity contribution < 1.29 is 0 Å². The number of rotatable bonds is 1. The van der Waals surface area contributed by atoms with Gasteiger partial charge in [0.15, 0.2) is 0 Å². The molecule has 1 rings (SSSR count). The molecule has 0 aliphatic heterocycles. The SMILES string of the molecule is CC.CC.CNc1nc(C#N)ncc1Br. The average molecular weight is 273 g/mol. The van der Waals surface area contributed by atoms with Crippen LogP contribution in [0, 0.1) is 11.3 Å². The van der Waals surface area contributed by atoms with Crippen molar-refractivity contribution in [2.45, 2.75) is 27.7 Å². The summed E-state index contributed by atoms with van der Waals surface area (Å²) < 4.78 is 0.749. The summed E-state index contributed by atoms with van der Waals surface area (Å²) in [5.74, 6) is 0.786. The first-order chi connectivity index (χ1) is 7.27. The third kappa shape index (κ3) is 6.02. The van der Waals surface area contributed by atoms with E-state index in [4.69, 9.17) is 5.26 Å². The third-order valence-electron chi connectivity index (χ3n) is 1.08. The molecule has 0 aromatic carbocycles. The Morgan fingerprint density at radius 1 is 1.33 bits per heavy atom. The maximum Gasteiger partial charge on any atom is 0.234 e. The molecule has 84 valence electrons. The average Bonchev–Trinajstić information content (AvgIpc) is 2.35. The number of nitriles is 1.